The SMILES string of the molecule is CCC(CC)NC[C@@]1(O)CCN(C(=O)Cc2ccccc2)C[C@@H]1O. The van der Waals surface area contributed by atoms with Crippen molar-refractivity contribution < 1.29 is 15.0 Å². The van der Waals surface area contributed by atoms with Crippen LogP contribution in [0.2, 0.25) is 0 Å². The maximum atomic E-state index is 12.4. The van der Waals surface area contributed by atoms with Gasteiger partial charge in [-0.15, -0.1) is 0 Å². The van der Waals surface area contributed by atoms with Crippen molar-refractivity contribution in [3.05, 3.63) is 35.9 Å². The van der Waals surface area contributed by atoms with Gasteiger partial charge in [0.05, 0.1) is 6.42 Å². The molecule has 1 aliphatic heterocycles. The van der Waals surface area contributed by atoms with Crippen LogP contribution >= 0.6 is 0 Å². The summed E-state index contributed by atoms with van der Waals surface area (Å²) >= 11 is 0. The molecule has 0 radical (unpaired) electrons. The van der Waals surface area contributed by atoms with Crippen molar-refractivity contribution in [1.29, 1.82) is 0 Å². The number of carbonyl (C=O) groups excluding carboxylic acids is 1. The fraction of sp³-hybridized carbons (Fsp3) is 0.632. The van der Waals surface area contributed by atoms with Gasteiger partial charge >= 0.3 is 0 Å². The Labute approximate surface area is 144 Å². The van der Waals surface area contributed by atoms with E-state index >= 15 is 0 Å². The number of benzene rings is 1. The fourth-order valence-corrected chi connectivity index (χ4v) is 3.18. The van der Waals surface area contributed by atoms with Crippen molar-refractivity contribution in [3.8, 4) is 0 Å². The minimum Gasteiger partial charge on any atom is -0.388 e. The summed E-state index contributed by atoms with van der Waals surface area (Å²) in [7, 11) is 0. The van der Waals surface area contributed by atoms with Crippen molar-refractivity contribution >= 4 is 5.91 Å². The summed E-state index contributed by atoms with van der Waals surface area (Å²) in [6.07, 6.45) is 1.78. The number of β-amino-alcohol motifs (C(OH)–C–C–N with tert-alkyl or cyclic N) is 1. The second-order valence-electron chi connectivity index (χ2n) is 6.77. The predicted octanol–water partition coefficient (Wildman–Crippen LogP) is 1.33. The largest absolute Gasteiger partial charge is 0.388 e. The van der Waals surface area contributed by atoms with Crippen LogP contribution in [0.25, 0.3) is 0 Å². The lowest BCUT2D eigenvalue weighted by atomic mass is 9.87. The van der Waals surface area contributed by atoms with Gasteiger partial charge in [0.1, 0.15) is 11.7 Å². The standard InChI is InChI=1S/C19H30N2O3/c1-3-16(4-2)20-14-19(24)10-11-21(13-17(19)22)18(23)12-15-8-6-5-7-9-15/h5-9,16-17,20,22,24H,3-4,10-14H2,1-2H3/t17-,19-/m0/s1. The molecule has 1 amide bonds. The van der Waals surface area contributed by atoms with Gasteiger partial charge in [-0.2, -0.15) is 0 Å². The summed E-state index contributed by atoms with van der Waals surface area (Å²) < 4.78 is 0. The first-order chi connectivity index (χ1) is 11.5. The van der Waals surface area contributed by atoms with E-state index in [1.54, 1.807) is 4.90 Å². The van der Waals surface area contributed by atoms with Gasteiger partial charge in [-0.3, -0.25) is 4.79 Å². The Bertz CT molecular complexity index is 519. The molecule has 134 valence electrons. The molecule has 5 nitrogen and oxygen atoms in total. The molecule has 0 unspecified atom stereocenters. The molecule has 2 rings (SSSR count). The van der Waals surface area contributed by atoms with E-state index in [0.717, 1.165) is 18.4 Å². The van der Waals surface area contributed by atoms with E-state index in [1.807, 2.05) is 30.3 Å². The topological polar surface area (TPSA) is 72.8 Å². The number of likely N-dealkylation sites (tertiary alicyclic amines) is 1. The molecular formula is C19H30N2O3. The average Bonchev–Trinajstić information content (AvgIpc) is 2.59. The molecule has 0 spiro atoms. The van der Waals surface area contributed by atoms with E-state index in [9.17, 15) is 15.0 Å². The number of rotatable bonds is 7. The molecule has 1 aromatic rings. The van der Waals surface area contributed by atoms with Gasteiger partial charge in [0.15, 0.2) is 0 Å². The number of carbonyl (C=O) groups is 1. The highest BCUT2D eigenvalue weighted by Gasteiger charge is 2.41. The van der Waals surface area contributed by atoms with Gasteiger partial charge in [0.2, 0.25) is 5.91 Å². The van der Waals surface area contributed by atoms with E-state index in [0.29, 0.717) is 32.0 Å². The molecule has 1 heterocycles. The van der Waals surface area contributed by atoms with Gasteiger partial charge in [-0.05, 0) is 24.8 Å². The van der Waals surface area contributed by atoms with Gasteiger partial charge in [-0.25, -0.2) is 0 Å². The number of aliphatic hydroxyl groups is 2. The molecule has 2 atom stereocenters. The third-order valence-electron chi connectivity index (χ3n) is 5.06. The van der Waals surface area contributed by atoms with E-state index in [2.05, 4.69) is 19.2 Å². The molecular weight excluding hydrogens is 304 g/mol. The van der Waals surface area contributed by atoms with Crippen LogP contribution < -0.4 is 5.32 Å². The number of amides is 1. The summed E-state index contributed by atoms with van der Waals surface area (Å²) in [4.78, 5) is 14.1. The Hall–Kier alpha value is -1.43. The first-order valence-electron chi connectivity index (χ1n) is 8.94. The normalized spacial score (nSPS) is 24.4. The van der Waals surface area contributed by atoms with Crippen LogP contribution in [-0.4, -0.2) is 58.4 Å². The zero-order chi connectivity index (χ0) is 17.6. The molecule has 1 aromatic carbocycles. The molecule has 0 aliphatic carbocycles. The lowest BCUT2D eigenvalue weighted by Crippen LogP contribution is -2.61. The molecule has 3 N–H and O–H groups in total. The third kappa shape index (κ3) is 4.79. The highest BCUT2D eigenvalue weighted by Crippen LogP contribution is 2.23. The van der Waals surface area contributed by atoms with Crippen molar-refractivity contribution in [3.63, 3.8) is 0 Å². The lowest BCUT2D eigenvalue weighted by molar-refractivity contribution is -0.148. The van der Waals surface area contributed by atoms with Crippen LogP contribution in [0.4, 0.5) is 0 Å². The van der Waals surface area contributed by atoms with Crippen LogP contribution in [-0.2, 0) is 11.2 Å². The van der Waals surface area contributed by atoms with Crippen LogP contribution in [0.1, 0.15) is 38.7 Å². The number of aliphatic hydroxyl groups excluding tert-OH is 1. The van der Waals surface area contributed by atoms with Gasteiger partial charge in [0.25, 0.3) is 0 Å². The summed E-state index contributed by atoms with van der Waals surface area (Å²) in [5.41, 5.74) is -0.195. The zero-order valence-corrected chi connectivity index (χ0v) is 14.7. The fourth-order valence-electron chi connectivity index (χ4n) is 3.18. The Morgan fingerprint density at radius 2 is 2.00 bits per heavy atom. The number of nitrogens with zero attached hydrogens (tertiary/aromatic N) is 1. The Morgan fingerprint density at radius 3 is 2.58 bits per heavy atom. The first-order valence-corrected chi connectivity index (χ1v) is 8.94. The molecule has 0 bridgehead atoms. The third-order valence-corrected chi connectivity index (χ3v) is 5.06. The molecule has 24 heavy (non-hydrogen) atoms. The summed E-state index contributed by atoms with van der Waals surface area (Å²) in [5, 5.41) is 24.4. The smallest absolute Gasteiger partial charge is 0.227 e. The summed E-state index contributed by atoms with van der Waals surface area (Å²) in [6.45, 7) is 5.23. The van der Waals surface area contributed by atoms with E-state index in [4.69, 9.17) is 0 Å². The van der Waals surface area contributed by atoms with Crippen molar-refractivity contribution in [1.82, 2.24) is 10.2 Å². The van der Waals surface area contributed by atoms with Crippen molar-refractivity contribution in [2.45, 2.75) is 57.3 Å². The lowest BCUT2D eigenvalue weighted by Gasteiger charge is -2.42. The quantitative estimate of drug-likeness (QED) is 0.703. The molecule has 0 saturated carbocycles. The van der Waals surface area contributed by atoms with Crippen LogP contribution in [0.5, 0.6) is 0 Å². The summed E-state index contributed by atoms with van der Waals surface area (Å²) in [6, 6.07) is 9.94. The summed E-state index contributed by atoms with van der Waals surface area (Å²) in [5.74, 6) is -0.00440. The minimum absolute atomic E-state index is 0.00440. The van der Waals surface area contributed by atoms with Crippen LogP contribution in [0.3, 0.4) is 0 Å². The first kappa shape index (κ1) is 18.9. The van der Waals surface area contributed by atoms with Crippen LogP contribution in [0, 0.1) is 0 Å². The Morgan fingerprint density at radius 1 is 1.33 bits per heavy atom. The molecule has 1 saturated heterocycles. The average molecular weight is 334 g/mol. The highest BCUT2D eigenvalue weighted by atomic mass is 16.3. The van der Waals surface area contributed by atoms with Crippen LogP contribution in [0.15, 0.2) is 30.3 Å². The number of piperidine rings is 1. The molecule has 0 aromatic heterocycles. The van der Waals surface area contributed by atoms with Crippen molar-refractivity contribution in [2.24, 2.45) is 0 Å². The monoisotopic (exact) mass is 334 g/mol. The number of hydrogen-bond acceptors (Lipinski definition) is 4. The van der Waals surface area contributed by atoms with E-state index in [-0.39, 0.29) is 12.5 Å². The zero-order valence-electron chi connectivity index (χ0n) is 14.7. The Balaban J connectivity index is 1.88. The van der Waals surface area contributed by atoms with Gasteiger partial charge in [-0.1, -0.05) is 44.2 Å². The van der Waals surface area contributed by atoms with Gasteiger partial charge in [0, 0.05) is 25.7 Å². The molecule has 1 aliphatic rings. The second kappa shape index (κ2) is 8.60. The maximum absolute atomic E-state index is 12.4. The van der Waals surface area contributed by atoms with E-state index in [1.165, 1.54) is 0 Å². The number of hydrogen-bond donors (Lipinski definition) is 3. The maximum Gasteiger partial charge on any atom is 0.227 e. The van der Waals surface area contributed by atoms with Gasteiger partial charge < -0.3 is 20.4 Å². The molecule has 1 fully saturated rings. The van der Waals surface area contributed by atoms with E-state index < -0.39 is 11.7 Å². The molecule has 5 heteroatoms. The van der Waals surface area contributed by atoms with Crippen molar-refractivity contribution in [2.75, 3.05) is 19.6 Å². The Kier molecular flexibility index (Phi) is 6.78. The predicted molar refractivity (Wildman–Crippen MR) is 94.7 cm³/mol. The second-order valence-corrected chi connectivity index (χ2v) is 6.77. The number of nitrogens with one attached hydrogen (secondary N) is 1. The minimum atomic E-state index is -1.16. The highest BCUT2D eigenvalue weighted by molar-refractivity contribution is 5.79.